The van der Waals surface area contributed by atoms with Gasteiger partial charge in [-0.05, 0) is 26.7 Å². The van der Waals surface area contributed by atoms with Crippen molar-refractivity contribution in [3.05, 3.63) is 18.2 Å². The Labute approximate surface area is 90.4 Å². The Kier molecular flexibility index (Phi) is 2.80. The second kappa shape index (κ2) is 3.94. The molecule has 0 aromatic carbocycles. The third kappa shape index (κ3) is 2.21. The Morgan fingerprint density at radius 2 is 2.13 bits per heavy atom. The molecule has 0 unspecified atom stereocenters. The summed E-state index contributed by atoms with van der Waals surface area (Å²) in [5.74, 6) is 0. The van der Waals surface area contributed by atoms with Crippen LogP contribution in [0.5, 0.6) is 0 Å². The van der Waals surface area contributed by atoms with E-state index in [0.717, 1.165) is 31.7 Å². The third-order valence-corrected chi connectivity index (χ3v) is 2.91. The fourth-order valence-corrected chi connectivity index (χ4v) is 2.06. The van der Waals surface area contributed by atoms with E-state index in [9.17, 15) is 0 Å². The SMILES string of the molecule is CC(C)(N)c1cncn1C1CCOCC1. The van der Waals surface area contributed by atoms with Crippen molar-refractivity contribution in [2.75, 3.05) is 13.2 Å². The Hall–Kier alpha value is -0.870. The molecule has 0 atom stereocenters. The molecule has 0 aliphatic carbocycles. The van der Waals surface area contributed by atoms with Crippen LogP contribution >= 0.6 is 0 Å². The summed E-state index contributed by atoms with van der Waals surface area (Å²) in [5.41, 5.74) is 6.90. The van der Waals surface area contributed by atoms with Crippen LogP contribution < -0.4 is 5.73 Å². The lowest BCUT2D eigenvalue weighted by Gasteiger charge is -2.29. The van der Waals surface area contributed by atoms with Crippen molar-refractivity contribution in [1.29, 1.82) is 0 Å². The maximum atomic E-state index is 6.12. The summed E-state index contributed by atoms with van der Waals surface area (Å²) in [5, 5.41) is 0. The highest BCUT2D eigenvalue weighted by Gasteiger charge is 2.24. The van der Waals surface area contributed by atoms with Crippen molar-refractivity contribution in [1.82, 2.24) is 9.55 Å². The lowest BCUT2D eigenvalue weighted by atomic mass is 10.0. The van der Waals surface area contributed by atoms with Crippen LogP contribution in [-0.4, -0.2) is 22.8 Å². The molecule has 0 radical (unpaired) electrons. The first-order valence-electron chi connectivity index (χ1n) is 5.48. The number of ether oxygens (including phenoxy) is 1. The highest BCUT2D eigenvalue weighted by atomic mass is 16.5. The maximum Gasteiger partial charge on any atom is 0.0951 e. The first kappa shape index (κ1) is 10.6. The number of nitrogens with zero attached hydrogens (tertiary/aromatic N) is 2. The minimum Gasteiger partial charge on any atom is -0.381 e. The molecule has 4 nitrogen and oxygen atoms in total. The zero-order valence-corrected chi connectivity index (χ0v) is 9.44. The molecule has 1 aliphatic heterocycles. The Bertz CT molecular complexity index is 321. The van der Waals surface area contributed by atoms with E-state index in [2.05, 4.69) is 9.55 Å². The van der Waals surface area contributed by atoms with Crippen LogP contribution in [0.1, 0.15) is 38.4 Å². The van der Waals surface area contributed by atoms with E-state index in [1.807, 2.05) is 26.4 Å². The molecule has 2 N–H and O–H groups in total. The van der Waals surface area contributed by atoms with E-state index in [4.69, 9.17) is 10.5 Å². The van der Waals surface area contributed by atoms with Gasteiger partial charge in [0, 0.05) is 25.5 Å². The topological polar surface area (TPSA) is 53.1 Å². The summed E-state index contributed by atoms with van der Waals surface area (Å²) in [4.78, 5) is 4.21. The van der Waals surface area contributed by atoms with Gasteiger partial charge in [0.1, 0.15) is 0 Å². The largest absolute Gasteiger partial charge is 0.381 e. The highest BCUT2D eigenvalue weighted by molar-refractivity contribution is 5.11. The van der Waals surface area contributed by atoms with E-state index in [1.165, 1.54) is 0 Å². The van der Waals surface area contributed by atoms with Crippen LogP contribution in [-0.2, 0) is 10.3 Å². The van der Waals surface area contributed by atoms with E-state index < -0.39 is 0 Å². The molecule has 1 fully saturated rings. The minimum atomic E-state index is -0.325. The van der Waals surface area contributed by atoms with Crippen LogP contribution in [0, 0.1) is 0 Å². The first-order valence-corrected chi connectivity index (χ1v) is 5.48. The molecule has 1 aromatic rings. The van der Waals surface area contributed by atoms with E-state index in [1.54, 1.807) is 0 Å². The van der Waals surface area contributed by atoms with Gasteiger partial charge in [0.15, 0.2) is 0 Å². The minimum absolute atomic E-state index is 0.325. The molecule has 1 aliphatic rings. The molecule has 0 amide bonds. The maximum absolute atomic E-state index is 6.12. The number of nitrogens with two attached hydrogens (primary N) is 1. The lowest BCUT2D eigenvalue weighted by molar-refractivity contribution is 0.0681. The predicted octanol–water partition coefficient (Wildman–Crippen LogP) is 1.43. The smallest absolute Gasteiger partial charge is 0.0951 e. The molecule has 1 saturated heterocycles. The molecule has 0 bridgehead atoms. The monoisotopic (exact) mass is 209 g/mol. The van der Waals surface area contributed by atoms with Gasteiger partial charge in [-0.3, -0.25) is 0 Å². The van der Waals surface area contributed by atoms with E-state index >= 15 is 0 Å². The zero-order valence-electron chi connectivity index (χ0n) is 9.44. The van der Waals surface area contributed by atoms with Gasteiger partial charge in [0.05, 0.1) is 17.6 Å². The molecule has 4 heteroatoms. The van der Waals surface area contributed by atoms with Crippen molar-refractivity contribution in [2.24, 2.45) is 5.73 Å². The summed E-state index contributed by atoms with van der Waals surface area (Å²) < 4.78 is 7.57. The van der Waals surface area contributed by atoms with Gasteiger partial charge >= 0.3 is 0 Å². The summed E-state index contributed by atoms with van der Waals surface area (Å²) >= 11 is 0. The van der Waals surface area contributed by atoms with Gasteiger partial charge in [-0.15, -0.1) is 0 Å². The van der Waals surface area contributed by atoms with E-state index in [0.29, 0.717) is 6.04 Å². The summed E-state index contributed by atoms with van der Waals surface area (Å²) in [7, 11) is 0. The van der Waals surface area contributed by atoms with Crippen molar-refractivity contribution in [2.45, 2.75) is 38.3 Å². The molecule has 1 aromatic heterocycles. The molecular weight excluding hydrogens is 190 g/mol. The number of aromatic nitrogens is 2. The molecule has 2 heterocycles. The van der Waals surface area contributed by atoms with Crippen molar-refractivity contribution in [3.8, 4) is 0 Å². The average Bonchev–Trinajstić information content (AvgIpc) is 2.67. The predicted molar refractivity (Wildman–Crippen MR) is 58.5 cm³/mol. The number of imidazole rings is 1. The van der Waals surface area contributed by atoms with Gasteiger partial charge in [-0.2, -0.15) is 0 Å². The molecule has 84 valence electrons. The number of hydrogen-bond donors (Lipinski definition) is 1. The summed E-state index contributed by atoms with van der Waals surface area (Å²) in [6.07, 6.45) is 5.87. The molecule has 15 heavy (non-hydrogen) atoms. The van der Waals surface area contributed by atoms with Crippen molar-refractivity contribution >= 4 is 0 Å². The quantitative estimate of drug-likeness (QED) is 0.801. The van der Waals surface area contributed by atoms with Crippen molar-refractivity contribution in [3.63, 3.8) is 0 Å². The Morgan fingerprint density at radius 1 is 1.47 bits per heavy atom. The molecular formula is C11H19N3O. The third-order valence-electron chi connectivity index (χ3n) is 2.91. The van der Waals surface area contributed by atoms with Gasteiger partial charge < -0.3 is 15.0 Å². The van der Waals surface area contributed by atoms with Crippen molar-refractivity contribution < 1.29 is 4.74 Å². The first-order chi connectivity index (χ1) is 7.09. The second-order valence-electron chi connectivity index (χ2n) is 4.75. The number of rotatable bonds is 2. The van der Waals surface area contributed by atoms with Crippen LogP contribution in [0.3, 0.4) is 0 Å². The van der Waals surface area contributed by atoms with Gasteiger partial charge in [0.25, 0.3) is 0 Å². The summed E-state index contributed by atoms with van der Waals surface area (Å²) in [6.45, 7) is 5.71. The van der Waals surface area contributed by atoms with E-state index in [-0.39, 0.29) is 5.54 Å². The van der Waals surface area contributed by atoms with Gasteiger partial charge in [0.2, 0.25) is 0 Å². The van der Waals surface area contributed by atoms with Gasteiger partial charge in [-0.25, -0.2) is 4.98 Å². The van der Waals surface area contributed by atoms with Gasteiger partial charge in [-0.1, -0.05) is 0 Å². The zero-order chi connectivity index (χ0) is 10.9. The highest BCUT2D eigenvalue weighted by Crippen LogP contribution is 2.26. The van der Waals surface area contributed by atoms with Crippen LogP contribution in [0.2, 0.25) is 0 Å². The summed E-state index contributed by atoms with van der Waals surface area (Å²) in [6, 6.07) is 0.499. The standard InChI is InChI=1S/C11H19N3O/c1-11(2,12)10-7-13-8-14(10)9-3-5-15-6-4-9/h7-9H,3-6,12H2,1-2H3. The number of hydrogen-bond acceptors (Lipinski definition) is 3. The Balaban J connectivity index is 2.24. The van der Waals surface area contributed by atoms with Crippen LogP contribution in [0.25, 0.3) is 0 Å². The normalized spacial score (nSPS) is 19.4. The fraction of sp³-hybridized carbons (Fsp3) is 0.727. The van der Waals surface area contributed by atoms with Crippen LogP contribution in [0.15, 0.2) is 12.5 Å². The second-order valence-corrected chi connectivity index (χ2v) is 4.75. The molecule has 0 spiro atoms. The molecule has 2 rings (SSSR count). The fourth-order valence-electron chi connectivity index (χ4n) is 2.06. The average molecular weight is 209 g/mol. The Morgan fingerprint density at radius 3 is 2.73 bits per heavy atom. The molecule has 0 saturated carbocycles. The lowest BCUT2D eigenvalue weighted by Crippen LogP contribution is -2.33. The van der Waals surface area contributed by atoms with Crippen LogP contribution in [0.4, 0.5) is 0 Å².